The first-order valence-corrected chi connectivity index (χ1v) is 25.9. The molecule has 0 amide bonds. The van der Waals surface area contributed by atoms with Crippen molar-refractivity contribution >= 4 is 54.5 Å². The number of hydrogen-bond donors (Lipinski definition) is 0. The Morgan fingerprint density at radius 3 is 1.85 bits per heavy atom. The average molecular weight is 1150 g/mol. The van der Waals surface area contributed by atoms with Crippen molar-refractivity contribution in [3.8, 4) is 39.5 Å². The predicted molar refractivity (Wildman–Crippen MR) is 311 cm³/mol. The Morgan fingerprint density at radius 2 is 1.23 bits per heavy atom. The third kappa shape index (κ3) is 9.90. The van der Waals surface area contributed by atoms with Crippen LogP contribution in [0.1, 0.15) is 139 Å². The maximum absolute atomic E-state index is 8.79. The molecule has 8 aromatic carbocycles. The topological polar surface area (TPSA) is 43.9 Å². The van der Waals surface area contributed by atoms with E-state index in [9.17, 15) is 0 Å². The van der Waals surface area contributed by atoms with E-state index < -0.39 is 6.85 Å². The van der Waals surface area contributed by atoms with E-state index >= 15 is 0 Å². The van der Waals surface area contributed by atoms with Crippen LogP contribution < -0.4 is 0 Å². The Hall–Kier alpha value is -6.65. The van der Waals surface area contributed by atoms with E-state index in [0.717, 1.165) is 60.8 Å². The molecule has 11 rings (SSSR count). The molecule has 0 saturated heterocycles. The van der Waals surface area contributed by atoms with Crippen LogP contribution in [-0.2, 0) is 36.4 Å². The number of pyridine rings is 1. The Kier molecular flexibility index (Phi) is 13.0. The van der Waals surface area contributed by atoms with Crippen LogP contribution in [0.5, 0.6) is 0 Å². The molecule has 1 radical (unpaired) electrons. The van der Waals surface area contributed by atoms with Gasteiger partial charge >= 0.3 is 0 Å². The van der Waals surface area contributed by atoms with Crippen molar-refractivity contribution < 1.29 is 28.6 Å². The third-order valence-corrected chi connectivity index (χ3v) is 14.4. The van der Waals surface area contributed by atoms with Crippen molar-refractivity contribution in [3.63, 3.8) is 0 Å². The molecule has 0 aliphatic carbocycles. The Balaban J connectivity index is 0.000000364. The van der Waals surface area contributed by atoms with E-state index in [1.54, 1.807) is 12.1 Å². The zero-order valence-corrected chi connectivity index (χ0v) is 47.6. The van der Waals surface area contributed by atoms with Gasteiger partial charge in [0.05, 0.1) is 22.4 Å². The van der Waals surface area contributed by atoms with Gasteiger partial charge in [-0.05, 0) is 137 Å². The minimum Gasteiger partial charge on any atom is -0.501 e. The van der Waals surface area contributed by atoms with Crippen LogP contribution in [0.2, 0.25) is 0 Å². The van der Waals surface area contributed by atoms with Crippen LogP contribution in [0.3, 0.4) is 0 Å². The first-order chi connectivity index (χ1) is 35.9. The summed E-state index contributed by atoms with van der Waals surface area (Å²) in [5, 5.41) is 6.59. The maximum Gasteiger partial charge on any atom is 0.121 e. The number of fused-ring (bicyclic) bond motifs is 7. The van der Waals surface area contributed by atoms with Crippen molar-refractivity contribution in [2.24, 2.45) is 0 Å². The monoisotopic (exact) mass is 1150 g/mol. The number of nitrogens with zero attached hydrogens (tertiary/aromatic N) is 3. The number of rotatable bonds is 6. The maximum atomic E-state index is 8.79. The van der Waals surface area contributed by atoms with Gasteiger partial charge in [0.15, 0.2) is 0 Å². The van der Waals surface area contributed by atoms with E-state index in [1.165, 1.54) is 33.0 Å². The molecule has 0 bridgehead atoms. The summed E-state index contributed by atoms with van der Waals surface area (Å²) in [4.78, 5) is 9.81. The standard InChI is InChI=1S/C54H53N2O.C15H16N.Ir/c1-31(2)43-27-37(36-24-38(53(6,7)8)29-39(25-36)54(9,10)11)28-44(32(3)4)50(43)56-49-33(5)16-14-21-47(49)55-52(56)42-20-15-19-41-46-26-35-23-22-34-17-12-13-18-40(34)45(35)30-48(46)57-51(41)42;1-15(2,3)13-9-10-14(16-11-13)12-7-5-4-6-8-12;/h12-19,21-32H,1-11H3;4-7,9-11H,1-3H3;/q2*-1;/i5D3;;. The molecular weight excluding hydrogens is 1080 g/mol. The molecule has 0 spiro atoms. The summed E-state index contributed by atoms with van der Waals surface area (Å²) in [6, 6.07) is 57.2. The molecule has 74 heavy (non-hydrogen) atoms. The fourth-order valence-corrected chi connectivity index (χ4v) is 10.1. The minimum absolute atomic E-state index is 0. The molecule has 3 aromatic heterocycles. The second-order valence-corrected chi connectivity index (χ2v) is 23.6. The molecule has 0 aliphatic rings. The Morgan fingerprint density at radius 1 is 0.568 bits per heavy atom. The average Bonchev–Trinajstić information content (AvgIpc) is 4.18. The van der Waals surface area contributed by atoms with Gasteiger partial charge in [0.2, 0.25) is 0 Å². The van der Waals surface area contributed by atoms with Gasteiger partial charge in [-0.2, -0.15) is 0 Å². The number of para-hydroxylation sites is 1. The van der Waals surface area contributed by atoms with Gasteiger partial charge in [0.1, 0.15) is 5.58 Å². The van der Waals surface area contributed by atoms with Crippen molar-refractivity contribution in [3.05, 3.63) is 197 Å². The molecule has 0 fully saturated rings. The minimum atomic E-state index is -2.39. The SMILES string of the molecule is CC(C)(C)c1ccc(-c2[c-]cccc2)nc1.[2H]C([2H])([2H])c1cccc2nc(-c3[c-]ccc4c3oc3cc5c(ccc6ccccc65)cc34)n(-c3c(C(C)C)cc(-c4cc(C(C)(C)C)cc(C(C)(C)C)c4)cc3C(C)C)c12.[Ir]. The molecule has 0 N–H and O–H groups in total. The second-order valence-electron chi connectivity index (χ2n) is 23.6. The molecule has 11 aromatic rings. The van der Waals surface area contributed by atoms with Crippen LogP contribution >= 0.6 is 0 Å². The van der Waals surface area contributed by atoms with Gasteiger partial charge < -0.3 is 14.0 Å². The van der Waals surface area contributed by atoms with E-state index in [-0.39, 0.29) is 53.7 Å². The zero-order valence-electron chi connectivity index (χ0n) is 48.2. The normalized spacial score (nSPS) is 13.1. The first kappa shape index (κ1) is 48.3. The van der Waals surface area contributed by atoms with Crippen LogP contribution in [0, 0.1) is 19.0 Å². The largest absolute Gasteiger partial charge is 0.501 e. The molecular formula is C69H69IrN3O-2. The number of hydrogen-bond acceptors (Lipinski definition) is 3. The quantitative estimate of drug-likeness (QED) is 0.123. The second kappa shape index (κ2) is 19.9. The summed E-state index contributed by atoms with van der Waals surface area (Å²) < 4.78 is 35.4. The van der Waals surface area contributed by atoms with Crippen LogP contribution in [-0.4, -0.2) is 14.5 Å². The molecule has 0 saturated carbocycles. The molecule has 3 heterocycles. The molecule has 0 unspecified atom stereocenters. The van der Waals surface area contributed by atoms with Crippen LogP contribution in [0.15, 0.2) is 156 Å². The summed E-state index contributed by atoms with van der Waals surface area (Å²) in [6.07, 6.45) is 1.95. The van der Waals surface area contributed by atoms with Gasteiger partial charge in [0.25, 0.3) is 0 Å². The van der Waals surface area contributed by atoms with Crippen LogP contribution in [0.4, 0.5) is 0 Å². The molecule has 0 atom stereocenters. The van der Waals surface area contributed by atoms with E-state index in [1.807, 2.05) is 42.6 Å². The smallest absolute Gasteiger partial charge is 0.121 e. The van der Waals surface area contributed by atoms with Gasteiger partial charge in [-0.1, -0.05) is 180 Å². The summed E-state index contributed by atoms with van der Waals surface area (Å²) >= 11 is 0. The Bertz CT molecular complexity index is 3910. The van der Waals surface area contributed by atoms with E-state index in [4.69, 9.17) is 13.5 Å². The van der Waals surface area contributed by atoms with E-state index in [2.05, 4.69) is 209 Å². The van der Waals surface area contributed by atoms with Crippen molar-refractivity contribution in [1.29, 1.82) is 0 Å². The molecule has 0 aliphatic heterocycles. The molecule has 4 nitrogen and oxygen atoms in total. The Labute approximate surface area is 456 Å². The summed E-state index contributed by atoms with van der Waals surface area (Å²) in [5.41, 5.74) is 15.1. The van der Waals surface area contributed by atoms with Crippen molar-refractivity contribution in [1.82, 2.24) is 14.5 Å². The number of aryl methyl sites for hydroxylation is 1. The summed E-state index contributed by atoms with van der Waals surface area (Å²) in [5.74, 6) is 0.773. The van der Waals surface area contributed by atoms with Gasteiger partial charge in [-0.25, -0.2) is 0 Å². The zero-order chi connectivity index (χ0) is 54.2. The van der Waals surface area contributed by atoms with Crippen LogP contribution in [0.25, 0.3) is 94.0 Å². The number of imidazole rings is 1. The van der Waals surface area contributed by atoms with E-state index in [0.29, 0.717) is 28.0 Å². The van der Waals surface area contributed by atoms with Gasteiger partial charge in [-0.3, -0.25) is 4.98 Å². The fourth-order valence-electron chi connectivity index (χ4n) is 10.1. The third-order valence-electron chi connectivity index (χ3n) is 14.4. The van der Waals surface area contributed by atoms with Crippen molar-refractivity contribution in [2.45, 2.75) is 125 Å². The molecule has 377 valence electrons. The molecule has 5 heteroatoms. The number of aromatic nitrogens is 3. The first-order valence-electron chi connectivity index (χ1n) is 27.4. The van der Waals surface area contributed by atoms with Gasteiger partial charge in [0, 0.05) is 41.5 Å². The fraction of sp³-hybridized carbons (Fsp3) is 0.275. The number of benzene rings is 8. The number of furan rings is 1. The van der Waals surface area contributed by atoms with Gasteiger partial charge in [-0.15, -0.1) is 54.1 Å². The predicted octanol–water partition coefficient (Wildman–Crippen LogP) is 19.4. The van der Waals surface area contributed by atoms with Crippen molar-refractivity contribution in [2.75, 3.05) is 0 Å². The summed E-state index contributed by atoms with van der Waals surface area (Å²) in [6.45, 7) is 26.7. The summed E-state index contributed by atoms with van der Waals surface area (Å²) in [7, 11) is 0.